The molecule has 1 heterocycles. The predicted octanol–water partition coefficient (Wildman–Crippen LogP) is 3.26. The van der Waals surface area contributed by atoms with Gasteiger partial charge in [0.2, 0.25) is 0 Å². The van der Waals surface area contributed by atoms with E-state index in [9.17, 15) is 4.39 Å². The minimum absolute atomic E-state index is 0.00858. The molecule has 1 unspecified atom stereocenters. The topological polar surface area (TPSA) is 60.9 Å². The van der Waals surface area contributed by atoms with Crippen LogP contribution >= 0.6 is 0 Å². The van der Waals surface area contributed by atoms with E-state index in [-0.39, 0.29) is 11.8 Å². The van der Waals surface area contributed by atoms with Crippen molar-refractivity contribution in [1.82, 2.24) is 15.3 Å². The van der Waals surface area contributed by atoms with Crippen LogP contribution in [0.25, 0.3) is 11.0 Å². The maximum Gasteiger partial charge on any atom is 0.165 e. The molecule has 0 radical (unpaired) electrons. The summed E-state index contributed by atoms with van der Waals surface area (Å²) in [4.78, 5) is 7.79. The molecule has 3 rings (SSSR count). The number of hydrogen-bond acceptors (Lipinski definition) is 3. The number of phenolic OH excluding ortho intramolecular Hbond substituents is 1. The molecule has 0 aliphatic carbocycles. The number of aromatic amines is 1. The molecule has 108 valence electrons. The maximum absolute atomic E-state index is 13.3. The molecule has 0 bridgehead atoms. The summed E-state index contributed by atoms with van der Waals surface area (Å²) >= 11 is 0. The smallest absolute Gasteiger partial charge is 0.165 e. The molecule has 0 spiro atoms. The van der Waals surface area contributed by atoms with Crippen molar-refractivity contribution < 1.29 is 9.50 Å². The highest BCUT2D eigenvalue weighted by Crippen LogP contribution is 2.18. The molecular weight excluding hydrogens is 269 g/mol. The highest BCUT2D eigenvalue weighted by Gasteiger charge is 2.10. The Morgan fingerprint density at radius 3 is 2.86 bits per heavy atom. The molecular formula is C16H16FN3O. The first-order chi connectivity index (χ1) is 10.1. The van der Waals surface area contributed by atoms with Gasteiger partial charge < -0.3 is 15.4 Å². The van der Waals surface area contributed by atoms with Gasteiger partial charge in [0.25, 0.3) is 0 Å². The van der Waals surface area contributed by atoms with Crippen molar-refractivity contribution in [3.8, 4) is 5.75 Å². The van der Waals surface area contributed by atoms with Crippen LogP contribution in [0.3, 0.4) is 0 Å². The second-order valence-electron chi connectivity index (χ2n) is 5.03. The lowest BCUT2D eigenvalue weighted by atomic mass is 10.2. The van der Waals surface area contributed by atoms with Crippen LogP contribution in [0.4, 0.5) is 4.39 Å². The highest BCUT2D eigenvalue weighted by atomic mass is 19.1. The molecule has 0 saturated carbocycles. The second-order valence-corrected chi connectivity index (χ2v) is 5.03. The van der Waals surface area contributed by atoms with Gasteiger partial charge in [-0.1, -0.05) is 18.2 Å². The van der Waals surface area contributed by atoms with Crippen LogP contribution < -0.4 is 5.32 Å². The van der Waals surface area contributed by atoms with Crippen LogP contribution in [0.5, 0.6) is 5.75 Å². The van der Waals surface area contributed by atoms with Crippen molar-refractivity contribution in [2.75, 3.05) is 0 Å². The van der Waals surface area contributed by atoms with Crippen molar-refractivity contribution in [3.63, 3.8) is 0 Å². The molecule has 1 aromatic heterocycles. The Morgan fingerprint density at radius 2 is 2.10 bits per heavy atom. The minimum Gasteiger partial charge on any atom is -0.505 e. The van der Waals surface area contributed by atoms with Crippen LogP contribution in [0, 0.1) is 5.82 Å². The van der Waals surface area contributed by atoms with E-state index in [1.165, 1.54) is 12.1 Å². The normalized spacial score (nSPS) is 12.7. The van der Waals surface area contributed by atoms with Gasteiger partial charge in [-0.2, -0.15) is 0 Å². The SMILES string of the molecule is CC(NCc1ccc(O)c(F)c1)c1nc2ccccc2[nH]1. The van der Waals surface area contributed by atoms with Gasteiger partial charge in [-0.05, 0) is 36.8 Å². The zero-order valence-corrected chi connectivity index (χ0v) is 11.6. The van der Waals surface area contributed by atoms with E-state index in [4.69, 9.17) is 5.11 Å². The average molecular weight is 285 g/mol. The number of benzene rings is 2. The van der Waals surface area contributed by atoms with E-state index in [0.29, 0.717) is 6.54 Å². The highest BCUT2D eigenvalue weighted by molar-refractivity contribution is 5.74. The summed E-state index contributed by atoms with van der Waals surface area (Å²) in [5, 5.41) is 12.5. The van der Waals surface area contributed by atoms with Gasteiger partial charge in [0.15, 0.2) is 11.6 Å². The van der Waals surface area contributed by atoms with Crippen LogP contribution in [0.2, 0.25) is 0 Å². The number of halogens is 1. The van der Waals surface area contributed by atoms with E-state index < -0.39 is 5.82 Å². The molecule has 1 atom stereocenters. The molecule has 0 aliphatic heterocycles. The first kappa shape index (κ1) is 13.6. The summed E-state index contributed by atoms with van der Waals surface area (Å²) in [5.74, 6) is -0.0924. The fourth-order valence-electron chi connectivity index (χ4n) is 2.21. The molecule has 3 N–H and O–H groups in total. The fraction of sp³-hybridized carbons (Fsp3) is 0.188. The standard InChI is InChI=1S/C16H16FN3O/c1-10(16-19-13-4-2-3-5-14(13)20-16)18-9-11-6-7-15(21)12(17)8-11/h2-8,10,18,21H,9H2,1H3,(H,19,20). The summed E-state index contributed by atoms with van der Waals surface area (Å²) in [5.41, 5.74) is 2.70. The number of nitrogens with one attached hydrogen (secondary N) is 2. The van der Waals surface area contributed by atoms with Crippen LogP contribution in [-0.2, 0) is 6.54 Å². The van der Waals surface area contributed by atoms with Gasteiger partial charge in [0, 0.05) is 6.54 Å². The minimum atomic E-state index is -0.606. The summed E-state index contributed by atoms with van der Waals surface area (Å²) in [6.45, 7) is 2.49. The van der Waals surface area contributed by atoms with Crippen LogP contribution in [0.1, 0.15) is 24.4 Å². The zero-order valence-electron chi connectivity index (χ0n) is 11.6. The van der Waals surface area contributed by atoms with Crippen molar-refractivity contribution in [1.29, 1.82) is 0 Å². The number of imidazole rings is 1. The monoisotopic (exact) mass is 285 g/mol. The Kier molecular flexibility index (Phi) is 3.58. The van der Waals surface area contributed by atoms with Crippen molar-refractivity contribution in [2.24, 2.45) is 0 Å². The number of H-pyrrole nitrogens is 1. The molecule has 21 heavy (non-hydrogen) atoms. The molecule has 2 aromatic carbocycles. The number of rotatable bonds is 4. The number of aromatic nitrogens is 2. The molecule has 5 heteroatoms. The third-order valence-corrected chi connectivity index (χ3v) is 3.44. The van der Waals surface area contributed by atoms with E-state index in [1.807, 2.05) is 31.2 Å². The lowest BCUT2D eigenvalue weighted by Gasteiger charge is -2.11. The van der Waals surface area contributed by atoms with Gasteiger partial charge in [-0.25, -0.2) is 9.37 Å². The van der Waals surface area contributed by atoms with Gasteiger partial charge in [-0.15, -0.1) is 0 Å². The number of phenols is 1. The van der Waals surface area contributed by atoms with Crippen LogP contribution in [0.15, 0.2) is 42.5 Å². The molecule has 0 aliphatic rings. The molecule has 4 nitrogen and oxygen atoms in total. The predicted molar refractivity (Wildman–Crippen MR) is 79.4 cm³/mol. The number of fused-ring (bicyclic) bond motifs is 1. The quantitative estimate of drug-likeness (QED) is 0.689. The van der Waals surface area contributed by atoms with Crippen LogP contribution in [-0.4, -0.2) is 15.1 Å². The first-order valence-electron chi connectivity index (χ1n) is 6.79. The zero-order chi connectivity index (χ0) is 14.8. The summed E-state index contributed by atoms with van der Waals surface area (Å²) in [7, 11) is 0. The Morgan fingerprint density at radius 1 is 1.29 bits per heavy atom. The van der Waals surface area contributed by atoms with Gasteiger partial charge >= 0.3 is 0 Å². The molecule has 3 aromatic rings. The van der Waals surface area contributed by atoms with Gasteiger partial charge in [0.05, 0.1) is 17.1 Å². The van der Waals surface area contributed by atoms with Gasteiger partial charge in [-0.3, -0.25) is 0 Å². The third-order valence-electron chi connectivity index (χ3n) is 3.44. The molecule has 0 fully saturated rings. The van der Waals surface area contributed by atoms with E-state index >= 15 is 0 Å². The largest absolute Gasteiger partial charge is 0.505 e. The molecule has 0 saturated heterocycles. The Hall–Kier alpha value is -2.40. The van der Waals surface area contributed by atoms with E-state index in [1.54, 1.807) is 6.07 Å². The Balaban J connectivity index is 1.70. The lowest BCUT2D eigenvalue weighted by molar-refractivity contribution is 0.431. The lowest BCUT2D eigenvalue weighted by Crippen LogP contribution is -2.19. The number of para-hydroxylation sites is 2. The third kappa shape index (κ3) is 2.87. The van der Waals surface area contributed by atoms with Crippen molar-refractivity contribution in [3.05, 3.63) is 59.7 Å². The van der Waals surface area contributed by atoms with E-state index in [2.05, 4.69) is 15.3 Å². The van der Waals surface area contributed by atoms with Gasteiger partial charge in [0.1, 0.15) is 5.82 Å². The van der Waals surface area contributed by atoms with Crippen molar-refractivity contribution >= 4 is 11.0 Å². The molecule has 0 amide bonds. The fourth-order valence-corrected chi connectivity index (χ4v) is 2.21. The maximum atomic E-state index is 13.3. The first-order valence-corrected chi connectivity index (χ1v) is 6.79. The summed E-state index contributed by atoms with van der Waals surface area (Å²) < 4.78 is 13.3. The number of aromatic hydroxyl groups is 1. The van der Waals surface area contributed by atoms with Crippen molar-refractivity contribution in [2.45, 2.75) is 19.5 Å². The Bertz CT molecular complexity index is 736. The second kappa shape index (κ2) is 5.54. The van der Waals surface area contributed by atoms with E-state index in [0.717, 1.165) is 22.4 Å². The number of nitrogens with zero attached hydrogens (tertiary/aromatic N) is 1. The Labute approximate surface area is 121 Å². The summed E-state index contributed by atoms with van der Waals surface area (Å²) in [6, 6.07) is 12.2. The summed E-state index contributed by atoms with van der Waals surface area (Å²) in [6.07, 6.45) is 0. The average Bonchev–Trinajstić information content (AvgIpc) is 2.92. The number of hydrogen-bond donors (Lipinski definition) is 3.